The number of nitrogens with one attached hydrogen (secondary N) is 2. The Morgan fingerprint density at radius 1 is 1.24 bits per heavy atom. The number of aromatic nitrogens is 3. The molecule has 7 nitrogen and oxygen atoms in total. The number of nitrogen functional groups attached to an aromatic ring is 1. The molecule has 1 amide bonds. The summed E-state index contributed by atoms with van der Waals surface area (Å²) in [6.45, 7) is 2.08. The van der Waals surface area contributed by atoms with Crippen LogP contribution in [0.25, 0.3) is 21.6 Å². The fraction of sp³-hybridized carbons (Fsp3) is 0.333. The lowest BCUT2D eigenvalue weighted by Crippen LogP contribution is -2.46. The standard InChI is InChI=1S/C18H19F3N6OS/c1-9(2)14(16(28)24-8-18(19,20)21)26-13-5-6-23-15(27-13)10-3-4-11-12(7-10)29-17(22)25-11/h3-7,9,14H,8H2,1-2H3,(H2,22,25)(H,24,28)(H,23,26,27)/t14-/m1/s1. The number of hydrogen-bond donors (Lipinski definition) is 3. The molecule has 0 spiro atoms. The van der Waals surface area contributed by atoms with Crippen LogP contribution in [0, 0.1) is 5.92 Å². The van der Waals surface area contributed by atoms with Gasteiger partial charge in [0.05, 0.1) is 10.2 Å². The van der Waals surface area contributed by atoms with Crippen molar-refractivity contribution in [1.82, 2.24) is 20.3 Å². The molecular formula is C18H19F3N6OS. The Hall–Kier alpha value is -2.95. The molecular weight excluding hydrogens is 405 g/mol. The highest BCUT2D eigenvalue weighted by molar-refractivity contribution is 7.22. The zero-order valence-corrected chi connectivity index (χ0v) is 16.4. The van der Waals surface area contributed by atoms with Crippen molar-refractivity contribution >= 4 is 38.4 Å². The molecule has 0 aliphatic rings. The number of carbonyl (C=O) groups excluding carboxylic acids is 1. The number of amides is 1. The quantitative estimate of drug-likeness (QED) is 0.560. The van der Waals surface area contributed by atoms with Gasteiger partial charge in [-0.05, 0) is 30.2 Å². The summed E-state index contributed by atoms with van der Waals surface area (Å²) in [6, 6.07) is 6.14. The van der Waals surface area contributed by atoms with Gasteiger partial charge >= 0.3 is 6.18 Å². The molecule has 29 heavy (non-hydrogen) atoms. The highest BCUT2D eigenvalue weighted by atomic mass is 32.1. The molecule has 3 rings (SSSR count). The summed E-state index contributed by atoms with van der Waals surface area (Å²) in [6.07, 6.45) is -2.96. The van der Waals surface area contributed by atoms with Gasteiger partial charge in [-0.1, -0.05) is 25.2 Å². The predicted molar refractivity (Wildman–Crippen MR) is 106 cm³/mol. The SMILES string of the molecule is CC(C)[C@@H](Nc1ccnc(-c2ccc3nc(N)sc3c2)n1)C(=O)NCC(F)(F)F. The molecule has 0 bridgehead atoms. The second kappa shape index (κ2) is 8.19. The second-order valence-electron chi connectivity index (χ2n) is 6.70. The Balaban J connectivity index is 1.80. The first-order valence-corrected chi connectivity index (χ1v) is 9.54. The van der Waals surface area contributed by atoms with E-state index in [9.17, 15) is 18.0 Å². The molecule has 0 unspecified atom stereocenters. The van der Waals surface area contributed by atoms with E-state index >= 15 is 0 Å². The van der Waals surface area contributed by atoms with Crippen LogP contribution in [-0.4, -0.2) is 39.6 Å². The molecule has 11 heteroatoms. The van der Waals surface area contributed by atoms with Crippen molar-refractivity contribution in [3.63, 3.8) is 0 Å². The van der Waals surface area contributed by atoms with E-state index in [0.29, 0.717) is 16.8 Å². The van der Waals surface area contributed by atoms with E-state index in [1.165, 1.54) is 17.5 Å². The van der Waals surface area contributed by atoms with E-state index in [1.54, 1.807) is 26.0 Å². The Kier molecular flexibility index (Phi) is 5.87. The van der Waals surface area contributed by atoms with E-state index in [1.807, 2.05) is 17.4 Å². The summed E-state index contributed by atoms with van der Waals surface area (Å²) in [5.41, 5.74) is 7.22. The number of nitrogens with two attached hydrogens (primary N) is 1. The first-order valence-electron chi connectivity index (χ1n) is 8.73. The van der Waals surface area contributed by atoms with Gasteiger partial charge in [-0.15, -0.1) is 0 Å². The minimum Gasteiger partial charge on any atom is -0.375 e. The van der Waals surface area contributed by atoms with Gasteiger partial charge in [0.2, 0.25) is 5.91 Å². The minimum atomic E-state index is -4.47. The Morgan fingerprint density at radius 2 is 2.00 bits per heavy atom. The molecule has 0 aliphatic carbocycles. The monoisotopic (exact) mass is 424 g/mol. The number of alkyl halides is 3. The number of anilines is 2. The average molecular weight is 424 g/mol. The highest BCUT2D eigenvalue weighted by Gasteiger charge is 2.30. The van der Waals surface area contributed by atoms with Crippen LogP contribution in [0.4, 0.5) is 24.1 Å². The van der Waals surface area contributed by atoms with E-state index in [-0.39, 0.29) is 5.92 Å². The molecule has 0 aliphatic heterocycles. The van der Waals surface area contributed by atoms with Crippen LogP contribution in [0.15, 0.2) is 30.5 Å². The summed E-state index contributed by atoms with van der Waals surface area (Å²) in [5, 5.41) is 5.27. The summed E-state index contributed by atoms with van der Waals surface area (Å²) in [5.74, 6) is -0.279. The molecule has 1 atom stereocenters. The molecule has 0 fully saturated rings. The Morgan fingerprint density at radius 3 is 2.69 bits per heavy atom. The van der Waals surface area contributed by atoms with Gasteiger partial charge in [0.1, 0.15) is 18.4 Å². The Bertz CT molecular complexity index is 1020. The van der Waals surface area contributed by atoms with Gasteiger partial charge in [-0.25, -0.2) is 15.0 Å². The number of carbonyl (C=O) groups is 1. The van der Waals surface area contributed by atoms with Crippen molar-refractivity contribution in [3.05, 3.63) is 30.5 Å². The fourth-order valence-corrected chi connectivity index (χ4v) is 3.42. The third-order valence-electron chi connectivity index (χ3n) is 4.03. The molecule has 0 saturated heterocycles. The second-order valence-corrected chi connectivity index (χ2v) is 7.76. The van der Waals surface area contributed by atoms with E-state index in [0.717, 1.165) is 15.8 Å². The topological polar surface area (TPSA) is 106 Å². The molecule has 3 aromatic rings. The van der Waals surface area contributed by atoms with Gasteiger partial charge in [0.15, 0.2) is 11.0 Å². The maximum Gasteiger partial charge on any atom is 0.405 e. The molecule has 4 N–H and O–H groups in total. The number of rotatable bonds is 6. The molecule has 154 valence electrons. The van der Waals surface area contributed by atoms with Crippen LogP contribution in [0.5, 0.6) is 0 Å². The highest BCUT2D eigenvalue weighted by Crippen LogP contribution is 2.28. The van der Waals surface area contributed by atoms with E-state index in [4.69, 9.17) is 5.73 Å². The van der Waals surface area contributed by atoms with Gasteiger partial charge < -0.3 is 16.4 Å². The number of benzene rings is 1. The predicted octanol–water partition coefficient (Wildman–Crippen LogP) is 3.45. The fourth-order valence-electron chi connectivity index (χ4n) is 2.65. The van der Waals surface area contributed by atoms with Crippen LogP contribution in [0.3, 0.4) is 0 Å². The van der Waals surface area contributed by atoms with Crippen LogP contribution in [-0.2, 0) is 4.79 Å². The van der Waals surface area contributed by atoms with Crippen molar-refractivity contribution < 1.29 is 18.0 Å². The van der Waals surface area contributed by atoms with Crippen molar-refractivity contribution in [2.24, 2.45) is 5.92 Å². The van der Waals surface area contributed by atoms with Gasteiger partial charge in [0, 0.05) is 11.8 Å². The first-order chi connectivity index (χ1) is 13.6. The maximum atomic E-state index is 12.4. The molecule has 0 saturated carbocycles. The molecule has 1 aromatic carbocycles. The smallest absolute Gasteiger partial charge is 0.375 e. The normalized spacial score (nSPS) is 12.9. The van der Waals surface area contributed by atoms with Gasteiger partial charge in [0.25, 0.3) is 0 Å². The van der Waals surface area contributed by atoms with Crippen molar-refractivity contribution in [2.75, 3.05) is 17.6 Å². The zero-order valence-electron chi connectivity index (χ0n) is 15.6. The minimum absolute atomic E-state index is 0.266. The number of nitrogens with zero attached hydrogens (tertiary/aromatic N) is 3. The molecule has 2 aromatic heterocycles. The number of thiazole rings is 1. The van der Waals surface area contributed by atoms with Gasteiger partial charge in [-0.3, -0.25) is 4.79 Å². The van der Waals surface area contributed by atoms with Crippen LogP contribution >= 0.6 is 11.3 Å². The van der Waals surface area contributed by atoms with Crippen LogP contribution in [0.2, 0.25) is 0 Å². The van der Waals surface area contributed by atoms with Crippen LogP contribution in [0.1, 0.15) is 13.8 Å². The Labute approximate surface area is 168 Å². The van der Waals surface area contributed by atoms with Crippen LogP contribution < -0.4 is 16.4 Å². The summed E-state index contributed by atoms with van der Waals surface area (Å²) >= 11 is 1.34. The van der Waals surface area contributed by atoms with E-state index in [2.05, 4.69) is 20.3 Å². The molecule has 0 radical (unpaired) electrons. The first kappa shape index (κ1) is 20.8. The molecule has 2 heterocycles. The lowest BCUT2D eigenvalue weighted by atomic mass is 10.0. The zero-order chi connectivity index (χ0) is 21.2. The summed E-state index contributed by atoms with van der Waals surface area (Å²) in [4.78, 5) is 25.0. The summed E-state index contributed by atoms with van der Waals surface area (Å²) < 4.78 is 38.1. The lowest BCUT2D eigenvalue weighted by Gasteiger charge is -2.22. The van der Waals surface area contributed by atoms with E-state index < -0.39 is 24.7 Å². The van der Waals surface area contributed by atoms with Crippen molar-refractivity contribution in [2.45, 2.75) is 26.1 Å². The van der Waals surface area contributed by atoms with Gasteiger partial charge in [-0.2, -0.15) is 13.2 Å². The summed E-state index contributed by atoms with van der Waals surface area (Å²) in [7, 11) is 0. The largest absolute Gasteiger partial charge is 0.405 e. The third-order valence-corrected chi connectivity index (χ3v) is 4.88. The maximum absolute atomic E-state index is 12.4. The number of halogens is 3. The number of hydrogen-bond acceptors (Lipinski definition) is 7. The van der Waals surface area contributed by atoms with Crippen molar-refractivity contribution in [3.8, 4) is 11.4 Å². The third kappa shape index (κ3) is 5.31. The van der Waals surface area contributed by atoms with Crippen molar-refractivity contribution in [1.29, 1.82) is 0 Å². The average Bonchev–Trinajstić information content (AvgIpc) is 3.02. The number of fused-ring (bicyclic) bond motifs is 1. The lowest BCUT2D eigenvalue weighted by molar-refractivity contribution is -0.139.